The largest absolute Gasteiger partial charge is 0.379 e. The van der Waals surface area contributed by atoms with Gasteiger partial charge in [-0.15, -0.1) is 0 Å². The first-order chi connectivity index (χ1) is 12.4. The van der Waals surface area contributed by atoms with E-state index in [0.717, 1.165) is 39.4 Å². The minimum Gasteiger partial charge on any atom is -0.379 e. The van der Waals surface area contributed by atoms with Gasteiger partial charge in [-0.1, -0.05) is 54.6 Å². The number of hydrogen-bond acceptors (Lipinski definition) is 2. The second kappa shape index (κ2) is 7.68. The summed E-state index contributed by atoms with van der Waals surface area (Å²) in [4.78, 5) is 2.43. The van der Waals surface area contributed by atoms with Crippen molar-refractivity contribution >= 4 is 17.0 Å². The maximum Gasteiger partial charge on any atom is 0.0594 e. The molecule has 2 heterocycles. The molecule has 4 rings (SSSR count). The Kier molecular flexibility index (Phi) is 4.96. The van der Waals surface area contributed by atoms with Crippen LogP contribution in [-0.2, 0) is 11.3 Å². The van der Waals surface area contributed by atoms with Crippen LogP contribution in [0.25, 0.3) is 17.0 Å². The lowest BCUT2D eigenvalue weighted by molar-refractivity contribution is 0.0435. The van der Waals surface area contributed by atoms with E-state index in [2.05, 4.69) is 82.3 Å². The molecule has 1 saturated heterocycles. The fraction of sp³-hybridized carbons (Fsp3) is 0.273. The van der Waals surface area contributed by atoms with Crippen molar-refractivity contribution in [1.29, 1.82) is 0 Å². The van der Waals surface area contributed by atoms with Crippen molar-refractivity contribution in [3.8, 4) is 0 Å². The number of fused-ring (bicyclic) bond motifs is 1. The molecule has 0 amide bonds. The molecule has 3 nitrogen and oxygen atoms in total. The van der Waals surface area contributed by atoms with Crippen molar-refractivity contribution in [1.82, 2.24) is 9.47 Å². The summed E-state index contributed by atoms with van der Waals surface area (Å²) < 4.78 is 7.82. The Morgan fingerprint density at radius 1 is 0.920 bits per heavy atom. The highest BCUT2D eigenvalue weighted by atomic mass is 16.5. The Morgan fingerprint density at radius 3 is 2.52 bits per heavy atom. The molecule has 3 heteroatoms. The molecule has 0 atom stereocenters. The molecule has 1 aliphatic rings. The number of nitrogens with zero attached hydrogens (tertiary/aromatic N) is 2. The zero-order valence-electron chi connectivity index (χ0n) is 14.5. The van der Waals surface area contributed by atoms with E-state index in [1.807, 2.05) is 0 Å². The van der Waals surface area contributed by atoms with Gasteiger partial charge in [0, 0.05) is 42.8 Å². The predicted octanol–water partition coefficient (Wildman–Crippen LogP) is 4.04. The molecule has 0 spiro atoms. The first-order valence-electron chi connectivity index (χ1n) is 8.99. The van der Waals surface area contributed by atoms with E-state index >= 15 is 0 Å². The second-order valence-corrected chi connectivity index (χ2v) is 6.52. The van der Waals surface area contributed by atoms with Gasteiger partial charge in [-0.05, 0) is 23.8 Å². The summed E-state index contributed by atoms with van der Waals surface area (Å²) in [5.74, 6) is 0. The Hall–Kier alpha value is -2.36. The lowest BCUT2D eigenvalue weighted by atomic mass is 10.2. The maximum absolute atomic E-state index is 5.42. The summed E-state index contributed by atoms with van der Waals surface area (Å²) in [7, 11) is 0. The van der Waals surface area contributed by atoms with Crippen molar-refractivity contribution in [3.63, 3.8) is 0 Å². The Bertz CT molecular complexity index is 845. The van der Waals surface area contributed by atoms with Gasteiger partial charge in [-0.3, -0.25) is 4.90 Å². The van der Waals surface area contributed by atoms with Crippen LogP contribution in [0.3, 0.4) is 0 Å². The third-order valence-corrected chi connectivity index (χ3v) is 4.78. The number of ether oxygens (including phenoxy) is 1. The SMILES string of the molecule is C(=C\c1cc2ccccc2n1Cc1ccccc1)/CN1CCOCC1. The van der Waals surface area contributed by atoms with Crippen LogP contribution in [0.5, 0.6) is 0 Å². The summed E-state index contributed by atoms with van der Waals surface area (Å²) in [5.41, 5.74) is 3.88. The van der Waals surface area contributed by atoms with E-state index in [9.17, 15) is 0 Å². The first kappa shape index (κ1) is 16.1. The van der Waals surface area contributed by atoms with Gasteiger partial charge >= 0.3 is 0 Å². The van der Waals surface area contributed by atoms with Crippen LogP contribution in [0, 0.1) is 0 Å². The minimum atomic E-state index is 0.849. The monoisotopic (exact) mass is 332 g/mol. The molecule has 0 bridgehead atoms. The molecule has 0 radical (unpaired) electrons. The lowest BCUT2D eigenvalue weighted by Crippen LogP contribution is -2.36. The van der Waals surface area contributed by atoms with Crippen LogP contribution in [0.2, 0.25) is 0 Å². The van der Waals surface area contributed by atoms with E-state index in [1.54, 1.807) is 0 Å². The normalized spacial score (nSPS) is 16.0. The second-order valence-electron chi connectivity index (χ2n) is 6.52. The van der Waals surface area contributed by atoms with Crippen LogP contribution in [0.1, 0.15) is 11.3 Å². The number of hydrogen-bond donors (Lipinski definition) is 0. The standard InChI is InChI=1S/C22H24N2O/c1-2-7-19(8-3-1)18-24-21(17-20-9-4-5-11-22(20)24)10-6-12-23-13-15-25-16-14-23/h1-11,17H,12-16,18H2/b10-6+. The fourth-order valence-electron chi connectivity index (χ4n) is 3.42. The molecule has 0 unspecified atom stereocenters. The topological polar surface area (TPSA) is 17.4 Å². The molecule has 1 aliphatic heterocycles. The minimum absolute atomic E-state index is 0.849. The maximum atomic E-state index is 5.42. The van der Waals surface area contributed by atoms with Gasteiger partial charge < -0.3 is 9.30 Å². The molecule has 0 N–H and O–H groups in total. The zero-order valence-corrected chi connectivity index (χ0v) is 14.5. The number of aromatic nitrogens is 1. The molecular formula is C22H24N2O. The highest BCUT2D eigenvalue weighted by Crippen LogP contribution is 2.22. The van der Waals surface area contributed by atoms with Crippen LogP contribution in [-0.4, -0.2) is 42.3 Å². The van der Waals surface area contributed by atoms with Crippen LogP contribution in [0.15, 0.2) is 66.7 Å². The van der Waals surface area contributed by atoms with Crippen molar-refractivity contribution in [2.45, 2.75) is 6.54 Å². The third kappa shape index (κ3) is 3.84. The summed E-state index contributed by atoms with van der Waals surface area (Å²) in [5, 5.41) is 1.30. The van der Waals surface area contributed by atoms with Crippen molar-refractivity contribution < 1.29 is 4.74 Å². The van der Waals surface area contributed by atoms with Crippen LogP contribution in [0.4, 0.5) is 0 Å². The quantitative estimate of drug-likeness (QED) is 0.702. The van der Waals surface area contributed by atoms with E-state index in [4.69, 9.17) is 4.74 Å². The highest BCUT2D eigenvalue weighted by Gasteiger charge is 2.09. The molecule has 2 aromatic carbocycles. The van der Waals surface area contributed by atoms with Crippen LogP contribution < -0.4 is 0 Å². The van der Waals surface area contributed by atoms with E-state index in [0.29, 0.717) is 0 Å². The molecular weight excluding hydrogens is 308 g/mol. The average Bonchev–Trinajstić information content (AvgIpc) is 3.01. The summed E-state index contributed by atoms with van der Waals surface area (Å²) in [6.07, 6.45) is 4.54. The Morgan fingerprint density at radius 2 is 1.68 bits per heavy atom. The average molecular weight is 332 g/mol. The third-order valence-electron chi connectivity index (χ3n) is 4.78. The van der Waals surface area contributed by atoms with Gasteiger partial charge in [0.25, 0.3) is 0 Å². The smallest absolute Gasteiger partial charge is 0.0594 e. The Balaban J connectivity index is 1.59. The highest BCUT2D eigenvalue weighted by molar-refractivity contribution is 5.83. The summed E-state index contributed by atoms with van der Waals surface area (Å²) >= 11 is 0. The zero-order chi connectivity index (χ0) is 16.9. The van der Waals surface area contributed by atoms with Gasteiger partial charge in [0.05, 0.1) is 13.2 Å². The lowest BCUT2D eigenvalue weighted by Gasteiger charge is -2.25. The molecule has 1 fully saturated rings. The molecule has 0 aliphatic carbocycles. The number of benzene rings is 2. The summed E-state index contributed by atoms with van der Waals surface area (Å²) in [6, 6.07) is 21.6. The molecule has 0 saturated carbocycles. The fourth-order valence-corrected chi connectivity index (χ4v) is 3.42. The van der Waals surface area contributed by atoms with Gasteiger partial charge in [-0.25, -0.2) is 0 Å². The van der Waals surface area contributed by atoms with Gasteiger partial charge in [-0.2, -0.15) is 0 Å². The molecule has 128 valence electrons. The number of morpholine rings is 1. The van der Waals surface area contributed by atoms with Gasteiger partial charge in [0.15, 0.2) is 0 Å². The van der Waals surface area contributed by atoms with Crippen molar-refractivity contribution in [2.75, 3.05) is 32.8 Å². The van der Waals surface area contributed by atoms with E-state index in [1.165, 1.54) is 22.2 Å². The molecule has 3 aromatic rings. The van der Waals surface area contributed by atoms with Crippen molar-refractivity contribution in [3.05, 3.63) is 78.0 Å². The van der Waals surface area contributed by atoms with Gasteiger partial charge in [0.2, 0.25) is 0 Å². The first-order valence-corrected chi connectivity index (χ1v) is 8.99. The summed E-state index contributed by atoms with van der Waals surface area (Å²) in [6.45, 7) is 5.63. The number of para-hydroxylation sites is 1. The van der Waals surface area contributed by atoms with E-state index < -0.39 is 0 Å². The van der Waals surface area contributed by atoms with E-state index in [-0.39, 0.29) is 0 Å². The van der Waals surface area contributed by atoms with Crippen molar-refractivity contribution in [2.24, 2.45) is 0 Å². The van der Waals surface area contributed by atoms with Gasteiger partial charge in [0.1, 0.15) is 0 Å². The van der Waals surface area contributed by atoms with Crippen LogP contribution >= 0.6 is 0 Å². The molecule has 25 heavy (non-hydrogen) atoms. The molecule has 1 aromatic heterocycles. The predicted molar refractivity (Wildman–Crippen MR) is 104 cm³/mol. The Labute approximate surface area is 149 Å². The number of rotatable bonds is 5.